The minimum absolute atomic E-state index is 0.614. The van der Waals surface area contributed by atoms with E-state index in [0.29, 0.717) is 6.04 Å². The highest BCUT2D eigenvalue weighted by Gasteiger charge is 2.27. The Bertz CT molecular complexity index is 308. The molecule has 0 bridgehead atoms. The van der Waals surface area contributed by atoms with Gasteiger partial charge in [0.2, 0.25) is 0 Å². The highest BCUT2D eigenvalue weighted by Crippen LogP contribution is 2.31. The number of hydrogen-bond donors (Lipinski definition) is 1. The molecule has 2 rings (SSSR count). The molecule has 1 heterocycles. The maximum absolute atomic E-state index is 4.19. The van der Waals surface area contributed by atoms with Gasteiger partial charge in [0.05, 0.1) is 11.9 Å². The molecule has 1 saturated carbocycles. The van der Waals surface area contributed by atoms with Crippen LogP contribution in [0.15, 0.2) is 12.4 Å². The summed E-state index contributed by atoms with van der Waals surface area (Å²) in [6, 6.07) is 0.614. The highest BCUT2D eigenvalue weighted by atomic mass is 15.3. The van der Waals surface area contributed by atoms with E-state index < -0.39 is 0 Å². The minimum atomic E-state index is 0.614. The summed E-state index contributed by atoms with van der Waals surface area (Å²) in [7, 11) is 1.96. The lowest BCUT2D eigenvalue weighted by Crippen LogP contribution is -2.36. The van der Waals surface area contributed by atoms with Crippen molar-refractivity contribution in [1.82, 2.24) is 9.78 Å². The Morgan fingerprint density at radius 3 is 2.53 bits per heavy atom. The van der Waals surface area contributed by atoms with Crippen LogP contribution in [0, 0.1) is 11.8 Å². The van der Waals surface area contributed by atoms with Gasteiger partial charge in [-0.1, -0.05) is 20.3 Å². The molecule has 1 aliphatic rings. The molecule has 3 nitrogen and oxygen atoms in total. The monoisotopic (exact) mass is 207 g/mol. The molecular weight excluding hydrogens is 186 g/mol. The summed E-state index contributed by atoms with van der Waals surface area (Å²) in [6.45, 7) is 4.70. The van der Waals surface area contributed by atoms with Gasteiger partial charge in [-0.3, -0.25) is 4.68 Å². The van der Waals surface area contributed by atoms with Crippen molar-refractivity contribution in [1.29, 1.82) is 0 Å². The Kier molecular flexibility index (Phi) is 2.98. The highest BCUT2D eigenvalue weighted by molar-refractivity contribution is 5.39. The molecular formula is C12H21N3. The van der Waals surface area contributed by atoms with Crippen LogP contribution in [-0.2, 0) is 7.05 Å². The first-order valence-electron chi connectivity index (χ1n) is 5.92. The van der Waals surface area contributed by atoms with Crippen LogP contribution in [0.3, 0.4) is 0 Å². The first-order chi connectivity index (χ1) is 7.16. The lowest BCUT2D eigenvalue weighted by atomic mass is 9.78. The fourth-order valence-electron chi connectivity index (χ4n) is 2.65. The van der Waals surface area contributed by atoms with E-state index in [9.17, 15) is 0 Å². The maximum atomic E-state index is 4.19. The summed E-state index contributed by atoms with van der Waals surface area (Å²) in [6.07, 6.45) is 8.04. The van der Waals surface area contributed by atoms with Gasteiger partial charge in [-0.2, -0.15) is 5.10 Å². The van der Waals surface area contributed by atoms with E-state index in [4.69, 9.17) is 0 Å². The molecule has 0 aliphatic heterocycles. The van der Waals surface area contributed by atoms with Crippen molar-refractivity contribution in [3.8, 4) is 0 Å². The lowest BCUT2D eigenvalue weighted by molar-refractivity contribution is 0.268. The summed E-state index contributed by atoms with van der Waals surface area (Å²) in [5.41, 5.74) is 1.16. The van der Waals surface area contributed by atoms with E-state index in [1.54, 1.807) is 0 Å². The first kappa shape index (κ1) is 10.5. The van der Waals surface area contributed by atoms with Crippen LogP contribution in [0.2, 0.25) is 0 Å². The molecule has 0 saturated heterocycles. The normalized spacial score (nSPS) is 31.5. The van der Waals surface area contributed by atoms with Crippen molar-refractivity contribution in [2.45, 2.75) is 39.2 Å². The average Bonchev–Trinajstić information content (AvgIpc) is 2.58. The Balaban J connectivity index is 2.03. The molecule has 0 aromatic carbocycles. The smallest absolute Gasteiger partial charge is 0.0728 e. The summed E-state index contributed by atoms with van der Waals surface area (Å²) >= 11 is 0. The zero-order valence-corrected chi connectivity index (χ0v) is 9.90. The van der Waals surface area contributed by atoms with Gasteiger partial charge in [0.25, 0.3) is 0 Å². The minimum Gasteiger partial charge on any atom is -0.379 e. The number of nitrogens with one attached hydrogen (secondary N) is 1. The molecule has 1 aromatic rings. The number of aryl methyl sites for hydroxylation is 1. The largest absolute Gasteiger partial charge is 0.379 e. The van der Waals surface area contributed by atoms with Crippen molar-refractivity contribution in [3.63, 3.8) is 0 Å². The average molecular weight is 207 g/mol. The van der Waals surface area contributed by atoms with Gasteiger partial charge >= 0.3 is 0 Å². The lowest BCUT2D eigenvalue weighted by Gasteiger charge is -2.35. The van der Waals surface area contributed by atoms with E-state index in [1.165, 1.54) is 19.3 Å². The molecule has 1 aliphatic carbocycles. The second-order valence-corrected chi connectivity index (χ2v) is 4.96. The third-order valence-corrected chi connectivity index (χ3v) is 3.58. The topological polar surface area (TPSA) is 29.9 Å². The Labute approximate surface area is 91.9 Å². The van der Waals surface area contributed by atoms with E-state index in [0.717, 1.165) is 17.5 Å². The van der Waals surface area contributed by atoms with E-state index in [-0.39, 0.29) is 0 Å². The van der Waals surface area contributed by atoms with Gasteiger partial charge in [-0.15, -0.1) is 0 Å². The second kappa shape index (κ2) is 4.25. The van der Waals surface area contributed by atoms with Crippen LogP contribution < -0.4 is 5.32 Å². The summed E-state index contributed by atoms with van der Waals surface area (Å²) in [4.78, 5) is 0. The molecule has 3 heteroatoms. The van der Waals surface area contributed by atoms with E-state index >= 15 is 0 Å². The zero-order chi connectivity index (χ0) is 10.8. The van der Waals surface area contributed by atoms with E-state index in [1.807, 2.05) is 24.1 Å². The third kappa shape index (κ3) is 2.33. The molecule has 0 spiro atoms. The molecule has 3 atom stereocenters. The van der Waals surface area contributed by atoms with Crippen molar-refractivity contribution < 1.29 is 0 Å². The first-order valence-corrected chi connectivity index (χ1v) is 5.92. The molecule has 1 unspecified atom stereocenters. The number of aromatic nitrogens is 2. The molecule has 84 valence electrons. The summed E-state index contributed by atoms with van der Waals surface area (Å²) in [5.74, 6) is 1.54. The van der Waals surface area contributed by atoms with Gasteiger partial charge in [0, 0.05) is 19.3 Å². The molecule has 1 aromatic heterocycles. The molecule has 1 fully saturated rings. The fraction of sp³-hybridized carbons (Fsp3) is 0.750. The SMILES string of the molecule is C[C@@H]1CCC[C@H](C)C1Nc1cnn(C)c1. The van der Waals surface area contributed by atoms with Crippen LogP contribution in [0.25, 0.3) is 0 Å². The van der Waals surface area contributed by atoms with Crippen LogP contribution in [0.4, 0.5) is 5.69 Å². The summed E-state index contributed by atoms with van der Waals surface area (Å²) in [5, 5.41) is 7.80. The molecule has 0 amide bonds. The van der Waals surface area contributed by atoms with Gasteiger partial charge < -0.3 is 5.32 Å². The third-order valence-electron chi connectivity index (χ3n) is 3.58. The van der Waals surface area contributed by atoms with Crippen LogP contribution >= 0.6 is 0 Å². The van der Waals surface area contributed by atoms with Crippen LogP contribution in [-0.4, -0.2) is 15.8 Å². The number of hydrogen-bond acceptors (Lipinski definition) is 2. The van der Waals surface area contributed by atoms with Crippen LogP contribution in [0.5, 0.6) is 0 Å². The predicted octanol–water partition coefficient (Wildman–Crippen LogP) is 2.66. The van der Waals surface area contributed by atoms with Crippen molar-refractivity contribution in [3.05, 3.63) is 12.4 Å². The number of nitrogens with zero attached hydrogens (tertiary/aromatic N) is 2. The van der Waals surface area contributed by atoms with Gasteiger partial charge in [0.1, 0.15) is 0 Å². The van der Waals surface area contributed by atoms with Crippen LogP contribution in [0.1, 0.15) is 33.1 Å². The summed E-state index contributed by atoms with van der Waals surface area (Å²) < 4.78 is 1.85. The van der Waals surface area contributed by atoms with Crippen molar-refractivity contribution in [2.24, 2.45) is 18.9 Å². The van der Waals surface area contributed by atoms with Crippen molar-refractivity contribution >= 4 is 5.69 Å². The predicted molar refractivity (Wildman–Crippen MR) is 62.8 cm³/mol. The maximum Gasteiger partial charge on any atom is 0.0728 e. The number of anilines is 1. The van der Waals surface area contributed by atoms with Crippen molar-refractivity contribution in [2.75, 3.05) is 5.32 Å². The molecule has 0 radical (unpaired) electrons. The second-order valence-electron chi connectivity index (χ2n) is 4.96. The Morgan fingerprint density at radius 2 is 2.00 bits per heavy atom. The quantitative estimate of drug-likeness (QED) is 0.808. The Hall–Kier alpha value is -0.990. The zero-order valence-electron chi connectivity index (χ0n) is 9.90. The molecule has 15 heavy (non-hydrogen) atoms. The van der Waals surface area contributed by atoms with Gasteiger partial charge in [0.15, 0.2) is 0 Å². The van der Waals surface area contributed by atoms with Gasteiger partial charge in [-0.05, 0) is 24.7 Å². The standard InChI is InChI=1S/C12H21N3/c1-9-5-4-6-10(2)12(9)14-11-7-13-15(3)8-11/h7-10,12,14H,4-6H2,1-3H3/t9-,10+,12?. The van der Waals surface area contributed by atoms with E-state index in [2.05, 4.69) is 24.3 Å². The van der Waals surface area contributed by atoms with Gasteiger partial charge in [-0.25, -0.2) is 0 Å². The molecule has 1 N–H and O–H groups in total. The number of rotatable bonds is 2. The fourth-order valence-corrected chi connectivity index (χ4v) is 2.65. The Morgan fingerprint density at radius 1 is 1.33 bits per heavy atom.